The molecule has 2 atom stereocenters. The van der Waals surface area contributed by atoms with Crippen molar-refractivity contribution in [3.63, 3.8) is 0 Å². The number of guanidine groups is 1. The minimum absolute atomic E-state index is 0.387. The molecule has 0 saturated heterocycles. The van der Waals surface area contributed by atoms with E-state index >= 15 is 0 Å². The Morgan fingerprint density at radius 1 is 1.29 bits per heavy atom. The van der Waals surface area contributed by atoms with Gasteiger partial charge in [0.2, 0.25) is 0 Å². The minimum atomic E-state index is 0.387. The van der Waals surface area contributed by atoms with Crippen LogP contribution in [0.5, 0.6) is 0 Å². The van der Waals surface area contributed by atoms with E-state index in [1.54, 1.807) is 0 Å². The van der Waals surface area contributed by atoms with Crippen molar-refractivity contribution in [3.8, 4) is 0 Å². The minimum Gasteiger partial charge on any atom is -0.370 e. The zero-order valence-corrected chi connectivity index (χ0v) is 10.6. The molecule has 0 amide bonds. The van der Waals surface area contributed by atoms with Crippen LogP contribution in [0.1, 0.15) is 31.7 Å². The van der Waals surface area contributed by atoms with Crippen LogP contribution in [0.25, 0.3) is 0 Å². The highest BCUT2D eigenvalue weighted by Crippen LogP contribution is 2.43. The van der Waals surface area contributed by atoms with E-state index in [9.17, 15) is 0 Å². The predicted molar refractivity (Wildman–Crippen MR) is 72.1 cm³/mol. The van der Waals surface area contributed by atoms with Crippen molar-refractivity contribution >= 4 is 5.96 Å². The number of aliphatic imine (C=N–C) groups is 1. The summed E-state index contributed by atoms with van der Waals surface area (Å²) in [5, 5.41) is 0. The van der Waals surface area contributed by atoms with E-state index in [4.69, 9.17) is 5.73 Å². The number of benzene rings is 1. The number of hydrogen-bond donors (Lipinski definition) is 1. The Hall–Kier alpha value is -1.51. The molecule has 3 heteroatoms. The molecule has 0 spiro atoms. The maximum Gasteiger partial charge on any atom is 0.191 e. The SMILES string of the molecule is CCN(CC)C(N)=NC1CC1c1ccccc1. The van der Waals surface area contributed by atoms with Gasteiger partial charge in [0.05, 0.1) is 6.04 Å². The molecule has 0 aliphatic heterocycles. The van der Waals surface area contributed by atoms with Gasteiger partial charge in [-0.05, 0) is 25.8 Å². The molecule has 1 aliphatic rings. The molecule has 0 aromatic heterocycles. The largest absolute Gasteiger partial charge is 0.370 e. The third-order valence-electron chi connectivity index (χ3n) is 3.37. The topological polar surface area (TPSA) is 41.6 Å². The lowest BCUT2D eigenvalue weighted by Crippen LogP contribution is -2.37. The third-order valence-corrected chi connectivity index (χ3v) is 3.37. The zero-order valence-electron chi connectivity index (χ0n) is 10.6. The fourth-order valence-corrected chi connectivity index (χ4v) is 2.18. The van der Waals surface area contributed by atoms with Crippen LogP contribution >= 0.6 is 0 Å². The van der Waals surface area contributed by atoms with Crippen LogP contribution in [0.2, 0.25) is 0 Å². The molecule has 1 fully saturated rings. The van der Waals surface area contributed by atoms with Gasteiger partial charge in [-0.3, -0.25) is 0 Å². The van der Waals surface area contributed by atoms with E-state index in [1.807, 2.05) is 0 Å². The first-order valence-corrected chi connectivity index (χ1v) is 6.39. The first-order chi connectivity index (χ1) is 8.26. The molecule has 3 nitrogen and oxygen atoms in total. The lowest BCUT2D eigenvalue weighted by Gasteiger charge is -2.19. The lowest BCUT2D eigenvalue weighted by atomic mass is 10.1. The number of hydrogen-bond acceptors (Lipinski definition) is 1. The van der Waals surface area contributed by atoms with E-state index < -0.39 is 0 Å². The van der Waals surface area contributed by atoms with Crippen molar-refractivity contribution in [3.05, 3.63) is 35.9 Å². The van der Waals surface area contributed by atoms with Gasteiger partial charge in [0.15, 0.2) is 5.96 Å². The molecule has 1 aromatic carbocycles. The molecule has 0 bridgehead atoms. The molecule has 0 heterocycles. The second-order valence-electron chi connectivity index (χ2n) is 4.48. The Labute approximate surface area is 103 Å². The molecule has 2 rings (SSSR count). The lowest BCUT2D eigenvalue weighted by molar-refractivity contribution is 0.458. The maximum absolute atomic E-state index is 6.00. The average molecular weight is 231 g/mol. The molecule has 1 saturated carbocycles. The van der Waals surface area contributed by atoms with E-state index in [0.717, 1.165) is 19.5 Å². The van der Waals surface area contributed by atoms with Crippen LogP contribution in [0.3, 0.4) is 0 Å². The van der Waals surface area contributed by atoms with Gasteiger partial charge in [-0.25, -0.2) is 4.99 Å². The van der Waals surface area contributed by atoms with Gasteiger partial charge < -0.3 is 10.6 Å². The van der Waals surface area contributed by atoms with Crippen LogP contribution < -0.4 is 5.73 Å². The molecule has 92 valence electrons. The van der Waals surface area contributed by atoms with Crippen LogP contribution in [-0.4, -0.2) is 30.0 Å². The molecular weight excluding hydrogens is 210 g/mol. The summed E-state index contributed by atoms with van der Waals surface area (Å²) in [5.41, 5.74) is 7.38. The summed E-state index contributed by atoms with van der Waals surface area (Å²) in [6.45, 7) is 6.06. The summed E-state index contributed by atoms with van der Waals surface area (Å²) in [6.07, 6.45) is 1.13. The van der Waals surface area contributed by atoms with Gasteiger partial charge in [-0.1, -0.05) is 30.3 Å². The first kappa shape index (κ1) is 12.0. The van der Waals surface area contributed by atoms with Crippen LogP contribution in [0.4, 0.5) is 0 Å². The van der Waals surface area contributed by atoms with Crippen LogP contribution in [-0.2, 0) is 0 Å². The fourth-order valence-electron chi connectivity index (χ4n) is 2.18. The third kappa shape index (κ3) is 2.78. The van der Waals surface area contributed by atoms with Crippen molar-refractivity contribution in [2.45, 2.75) is 32.2 Å². The van der Waals surface area contributed by atoms with E-state index in [1.165, 1.54) is 5.56 Å². The summed E-state index contributed by atoms with van der Waals surface area (Å²) >= 11 is 0. The van der Waals surface area contributed by atoms with Gasteiger partial charge in [0.1, 0.15) is 0 Å². The average Bonchev–Trinajstić information content (AvgIpc) is 3.11. The quantitative estimate of drug-likeness (QED) is 0.637. The van der Waals surface area contributed by atoms with Crippen molar-refractivity contribution in [1.82, 2.24) is 4.90 Å². The summed E-state index contributed by atoms with van der Waals surface area (Å²) in [5.74, 6) is 1.27. The number of nitrogens with two attached hydrogens (primary N) is 1. The smallest absolute Gasteiger partial charge is 0.191 e. The van der Waals surface area contributed by atoms with Crippen molar-refractivity contribution < 1.29 is 0 Å². The molecule has 2 N–H and O–H groups in total. The molecule has 0 radical (unpaired) electrons. The molecular formula is C14H21N3. The summed E-state index contributed by atoms with van der Waals surface area (Å²) in [7, 11) is 0. The zero-order chi connectivity index (χ0) is 12.3. The number of nitrogens with zero attached hydrogens (tertiary/aromatic N) is 2. The van der Waals surface area contributed by atoms with E-state index in [-0.39, 0.29) is 0 Å². The predicted octanol–water partition coefficient (Wildman–Crippen LogP) is 2.20. The highest BCUT2D eigenvalue weighted by molar-refractivity contribution is 5.78. The normalized spacial score (nSPS) is 23.5. The Balaban J connectivity index is 1.97. The standard InChI is InChI=1S/C14H21N3/c1-3-17(4-2)14(15)16-13-10-12(13)11-8-6-5-7-9-11/h5-9,12-13H,3-4,10H2,1-2H3,(H2,15,16). The second kappa shape index (κ2) is 5.21. The Morgan fingerprint density at radius 2 is 1.94 bits per heavy atom. The fraction of sp³-hybridized carbons (Fsp3) is 0.500. The maximum atomic E-state index is 6.00. The molecule has 1 aromatic rings. The Kier molecular flexibility index (Phi) is 3.67. The summed E-state index contributed by atoms with van der Waals surface area (Å²) < 4.78 is 0. The second-order valence-corrected chi connectivity index (χ2v) is 4.48. The highest BCUT2D eigenvalue weighted by atomic mass is 15.3. The Morgan fingerprint density at radius 3 is 2.53 bits per heavy atom. The van der Waals surface area contributed by atoms with Gasteiger partial charge >= 0.3 is 0 Å². The Bertz CT molecular complexity index is 382. The summed E-state index contributed by atoms with van der Waals surface area (Å²) in [4.78, 5) is 6.71. The van der Waals surface area contributed by atoms with Gasteiger partial charge in [-0.15, -0.1) is 0 Å². The highest BCUT2D eigenvalue weighted by Gasteiger charge is 2.38. The molecule has 1 aliphatic carbocycles. The van der Waals surface area contributed by atoms with Crippen LogP contribution in [0.15, 0.2) is 35.3 Å². The molecule has 17 heavy (non-hydrogen) atoms. The van der Waals surface area contributed by atoms with Gasteiger partial charge in [0, 0.05) is 19.0 Å². The first-order valence-electron chi connectivity index (χ1n) is 6.39. The van der Waals surface area contributed by atoms with Crippen LogP contribution in [0, 0.1) is 0 Å². The van der Waals surface area contributed by atoms with Crippen molar-refractivity contribution in [2.75, 3.05) is 13.1 Å². The number of rotatable bonds is 4. The van der Waals surface area contributed by atoms with E-state index in [0.29, 0.717) is 17.9 Å². The monoisotopic (exact) mass is 231 g/mol. The summed E-state index contributed by atoms with van der Waals surface area (Å²) in [6, 6.07) is 11.0. The molecule has 2 unspecified atom stereocenters. The van der Waals surface area contributed by atoms with Gasteiger partial charge in [0.25, 0.3) is 0 Å². The van der Waals surface area contributed by atoms with Crippen molar-refractivity contribution in [1.29, 1.82) is 0 Å². The van der Waals surface area contributed by atoms with Crippen molar-refractivity contribution in [2.24, 2.45) is 10.7 Å². The van der Waals surface area contributed by atoms with E-state index in [2.05, 4.69) is 54.1 Å². The van der Waals surface area contributed by atoms with Gasteiger partial charge in [-0.2, -0.15) is 0 Å².